The van der Waals surface area contributed by atoms with Crippen molar-refractivity contribution in [2.75, 3.05) is 19.8 Å². The number of hydrogen-bond acceptors (Lipinski definition) is 2. The van der Waals surface area contributed by atoms with E-state index in [0.717, 1.165) is 43.3 Å². The van der Waals surface area contributed by atoms with Gasteiger partial charge in [0.15, 0.2) is 0 Å². The maximum absolute atomic E-state index is 6.05. The fraction of sp³-hybridized carbons (Fsp3) is 0.538. The number of halogens is 2. The lowest BCUT2D eigenvalue weighted by atomic mass is 10.2. The Morgan fingerprint density at radius 1 is 1.24 bits per heavy atom. The third kappa shape index (κ3) is 6.27. The molecule has 1 N–H and O–H groups in total. The average molecular weight is 276 g/mol. The molecule has 0 saturated heterocycles. The molecule has 0 aromatic heterocycles. The van der Waals surface area contributed by atoms with Gasteiger partial charge in [-0.1, -0.05) is 36.5 Å². The standard InChI is InChI=1S/C13H19Cl2NO/c1-2-3-7-17-8-6-16-10-11-9-12(14)4-5-13(11)15/h4-5,9,16H,2-3,6-8,10H2,1H3. The molecule has 96 valence electrons. The second-order valence-electron chi connectivity index (χ2n) is 3.88. The highest BCUT2D eigenvalue weighted by Gasteiger charge is 2.00. The smallest absolute Gasteiger partial charge is 0.0591 e. The molecule has 0 radical (unpaired) electrons. The maximum atomic E-state index is 6.05. The molecule has 2 nitrogen and oxygen atoms in total. The maximum Gasteiger partial charge on any atom is 0.0591 e. The van der Waals surface area contributed by atoms with E-state index < -0.39 is 0 Å². The summed E-state index contributed by atoms with van der Waals surface area (Å²) in [6, 6.07) is 5.49. The lowest BCUT2D eigenvalue weighted by Gasteiger charge is -2.07. The zero-order chi connectivity index (χ0) is 12.5. The highest BCUT2D eigenvalue weighted by atomic mass is 35.5. The van der Waals surface area contributed by atoms with E-state index in [1.807, 2.05) is 12.1 Å². The minimum Gasteiger partial charge on any atom is -0.380 e. The molecule has 1 aromatic carbocycles. The monoisotopic (exact) mass is 275 g/mol. The Hall–Kier alpha value is -0.280. The Morgan fingerprint density at radius 3 is 2.82 bits per heavy atom. The van der Waals surface area contributed by atoms with Gasteiger partial charge in [0, 0.05) is 29.7 Å². The summed E-state index contributed by atoms with van der Waals surface area (Å²) in [6.45, 7) is 5.28. The van der Waals surface area contributed by atoms with Crippen LogP contribution in [0.4, 0.5) is 0 Å². The molecule has 1 rings (SSSR count). The van der Waals surface area contributed by atoms with Crippen LogP contribution in [0.2, 0.25) is 10.0 Å². The third-order valence-corrected chi connectivity index (χ3v) is 2.99. The van der Waals surface area contributed by atoms with Crippen LogP contribution >= 0.6 is 23.2 Å². The second kappa shape index (κ2) is 8.76. The normalized spacial score (nSPS) is 10.8. The van der Waals surface area contributed by atoms with Crippen molar-refractivity contribution in [2.24, 2.45) is 0 Å². The number of hydrogen-bond donors (Lipinski definition) is 1. The van der Waals surface area contributed by atoms with Crippen LogP contribution in [0, 0.1) is 0 Å². The lowest BCUT2D eigenvalue weighted by molar-refractivity contribution is 0.133. The SMILES string of the molecule is CCCCOCCNCc1cc(Cl)ccc1Cl. The van der Waals surface area contributed by atoms with Crippen molar-refractivity contribution in [2.45, 2.75) is 26.3 Å². The molecule has 0 amide bonds. The van der Waals surface area contributed by atoms with Crippen LogP contribution in [-0.2, 0) is 11.3 Å². The summed E-state index contributed by atoms with van der Waals surface area (Å²) in [7, 11) is 0. The van der Waals surface area contributed by atoms with E-state index in [1.54, 1.807) is 6.07 Å². The summed E-state index contributed by atoms with van der Waals surface area (Å²) in [5, 5.41) is 4.74. The molecule has 0 spiro atoms. The van der Waals surface area contributed by atoms with E-state index in [1.165, 1.54) is 6.42 Å². The number of rotatable bonds is 8. The molecule has 0 aliphatic heterocycles. The van der Waals surface area contributed by atoms with Gasteiger partial charge in [0.05, 0.1) is 6.61 Å². The highest BCUT2D eigenvalue weighted by Crippen LogP contribution is 2.20. The van der Waals surface area contributed by atoms with Crippen molar-refractivity contribution in [3.05, 3.63) is 33.8 Å². The van der Waals surface area contributed by atoms with Crippen molar-refractivity contribution in [3.63, 3.8) is 0 Å². The summed E-state index contributed by atoms with van der Waals surface area (Å²) in [4.78, 5) is 0. The van der Waals surface area contributed by atoms with Crippen molar-refractivity contribution < 1.29 is 4.74 Å². The van der Waals surface area contributed by atoms with E-state index in [9.17, 15) is 0 Å². The minimum absolute atomic E-state index is 0.713. The summed E-state index contributed by atoms with van der Waals surface area (Å²) >= 11 is 12.0. The number of nitrogens with one attached hydrogen (secondary N) is 1. The molecular weight excluding hydrogens is 257 g/mol. The van der Waals surface area contributed by atoms with Crippen molar-refractivity contribution in [1.82, 2.24) is 5.32 Å². The average Bonchev–Trinajstić information content (AvgIpc) is 2.32. The van der Waals surface area contributed by atoms with Crippen molar-refractivity contribution >= 4 is 23.2 Å². The first kappa shape index (κ1) is 14.8. The molecule has 0 aliphatic carbocycles. The predicted molar refractivity (Wildman–Crippen MR) is 73.9 cm³/mol. The fourth-order valence-corrected chi connectivity index (χ4v) is 1.77. The van der Waals surface area contributed by atoms with Crippen LogP contribution in [0.25, 0.3) is 0 Å². The van der Waals surface area contributed by atoms with Gasteiger partial charge in [-0.25, -0.2) is 0 Å². The van der Waals surface area contributed by atoms with Crippen LogP contribution in [0.5, 0.6) is 0 Å². The topological polar surface area (TPSA) is 21.3 Å². The van der Waals surface area contributed by atoms with E-state index in [2.05, 4.69) is 12.2 Å². The number of ether oxygens (including phenoxy) is 1. The Labute approximate surface area is 113 Å². The molecule has 0 atom stereocenters. The molecule has 0 aliphatic rings. The van der Waals surface area contributed by atoms with Gasteiger partial charge >= 0.3 is 0 Å². The zero-order valence-electron chi connectivity index (χ0n) is 10.1. The molecule has 0 heterocycles. The van der Waals surface area contributed by atoms with Crippen LogP contribution in [0.3, 0.4) is 0 Å². The van der Waals surface area contributed by atoms with Gasteiger partial charge in [0.25, 0.3) is 0 Å². The first-order valence-electron chi connectivity index (χ1n) is 5.96. The second-order valence-corrected chi connectivity index (χ2v) is 4.72. The Bertz CT molecular complexity index is 331. The molecule has 0 fully saturated rings. The van der Waals surface area contributed by atoms with Crippen LogP contribution < -0.4 is 5.32 Å². The molecule has 4 heteroatoms. The quantitative estimate of drug-likeness (QED) is 0.727. The van der Waals surface area contributed by atoms with Gasteiger partial charge in [-0.2, -0.15) is 0 Å². The van der Waals surface area contributed by atoms with Gasteiger partial charge in [0.2, 0.25) is 0 Å². The Morgan fingerprint density at radius 2 is 2.06 bits per heavy atom. The van der Waals surface area contributed by atoms with Gasteiger partial charge in [-0.3, -0.25) is 0 Å². The van der Waals surface area contributed by atoms with Crippen molar-refractivity contribution in [1.29, 1.82) is 0 Å². The fourth-order valence-electron chi connectivity index (χ4n) is 1.39. The number of unbranched alkanes of at least 4 members (excludes halogenated alkanes) is 1. The molecule has 1 aromatic rings. The lowest BCUT2D eigenvalue weighted by Crippen LogP contribution is -2.19. The third-order valence-electron chi connectivity index (χ3n) is 2.39. The van der Waals surface area contributed by atoms with Gasteiger partial charge in [-0.15, -0.1) is 0 Å². The summed E-state index contributed by atoms with van der Waals surface area (Å²) in [5.41, 5.74) is 1.02. The Kier molecular flexibility index (Phi) is 7.62. The highest BCUT2D eigenvalue weighted by molar-refractivity contribution is 6.33. The first-order valence-corrected chi connectivity index (χ1v) is 6.72. The van der Waals surface area contributed by atoms with E-state index >= 15 is 0 Å². The molecular formula is C13H19Cl2NO. The van der Waals surface area contributed by atoms with E-state index in [4.69, 9.17) is 27.9 Å². The van der Waals surface area contributed by atoms with Gasteiger partial charge < -0.3 is 10.1 Å². The summed E-state index contributed by atoms with van der Waals surface area (Å²) < 4.78 is 5.44. The predicted octanol–water partition coefficient (Wildman–Crippen LogP) is 3.90. The summed E-state index contributed by atoms with van der Waals surface area (Å²) in [6.07, 6.45) is 2.30. The van der Waals surface area contributed by atoms with E-state index in [-0.39, 0.29) is 0 Å². The summed E-state index contributed by atoms with van der Waals surface area (Å²) in [5.74, 6) is 0. The molecule has 0 unspecified atom stereocenters. The first-order chi connectivity index (χ1) is 8.24. The minimum atomic E-state index is 0.713. The van der Waals surface area contributed by atoms with Gasteiger partial charge in [-0.05, 0) is 30.2 Å². The number of benzene rings is 1. The van der Waals surface area contributed by atoms with Crippen LogP contribution in [-0.4, -0.2) is 19.8 Å². The molecule has 17 heavy (non-hydrogen) atoms. The zero-order valence-corrected chi connectivity index (χ0v) is 11.7. The van der Waals surface area contributed by atoms with Gasteiger partial charge in [0.1, 0.15) is 0 Å². The van der Waals surface area contributed by atoms with Crippen LogP contribution in [0.15, 0.2) is 18.2 Å². The van der Waals surface area contributed by atoms with Crippen molar-refractivity contribution in [3.8, 4) is 0 Å². The molecule has 0 saturated carbocycles. The van der Waals surface area contributed by atoms with E-state index in [0.29, 0.717) is 5.02 Å². The largest absolute Gasteiger partial charge is 0.380 e. The molecule has 0 bridgehead atoms. The van der Waals surface area contributed by atoms with Crippen LogP contribution in [0.1, 0.15) is 25.3 Å². The Balaban J connectivity index is 2.15.